The quantitative estimate of drug-likeness (QED) is 0.791. The van der Waals surface area contributed by atoms with Gasteiger partial charge in [0.15, 0.2) is 0 Å². The molecule has 0 saturated heterocycles. The van der Waals surface area contributed by atoms with Gasteiger partial charge < -0.3 is 15.8 Å². The van der Waals surface area contributed by atoms with Crippen LogP contribution >= 0.6 is 0 Å². The minimum Gasteiger partial charge on any atom is -0.491 e. The fraction of sp³-hybridized carbons (Fsp3) is 0.588. The number of hydrogen-bond donors (Lipinski definition) is 2. The molecule has 2 aliphatic carbocycles. The molecule has 2 aliphatic rings. The maximum atomic E-state index is 11.9. The molecular weight excluding hydrogens is 264 g/mol. The summed E-state index contributed by atoms with van der Waals surface area (Å²) in [6.07, 6.45) is 5.84. The first kappa shape index (κ1) is 14.2. The van der Waals surface area contributed by atoms with E-state index in [9.17, 15) is 4.79 Å². The summed E-state index contributed by atoms with van der Waals surface area (Å²) in [5.74, 6) is 3.22. The highest BCUT2D eigenvalue weighted by molar-refractivity contribution is 5.76. The number of anilines is 1. The summed E-state index contributed by atoms with van der Waals surface area (Å²) in [5.41, 5.74) is 6.40. The van der Waals surface area contributed by atoms with Crippen LogP contribution in [0, 0.1) is 17.8 Å². The maximum Gasteiger partial charge on any atom is 0.223 e. The molecule has 3 N–H and O–H groups in total. The van der Waals surface area contributed by atoms with Crippen molar-refractivity contribution in [1.29, 1.82) is 0 Å². The second-order valence-electron chi connectivity index (χ2n) is 6.38. The van der Waals surface area contributed by atoms with Gasteiger partial charge in [0.1, 0.15) is 5.75 Å². The zero-order chi connectivity index (χ0) is 14.7. The van der Waals surface area contributed by atoms with E-state index in [4.69, 9.17) is 10.5 Å². The molecule has 0 heterocycles. The van der Waals surface area contributed by atoms with E-state index in [0.717, 1.165) is 18.4 Å². The van der Waals surface area contributed by atoms with Gasteiger partial charge in [-0.05, 0) is 49.1 Å². The Kier molecular flexibility index (Phi) is 4.32. The molecule has 2 fully saturated rings. The molecule has 0 aliphatic heterocycles. The Balaban J connectivity index is 1.34. The number of hydrogen-bond acceptors (Lipinski definition) is 3. The Labute approximate surface area is 126 Å². The minimum atomic E-state index is 0.0762. The molecule has 2 bridgehead atoms. The van der Waals surface area contributed by atoms with Gasteiger partial charge in [-0.15, -0.1) is 0 Å². The third-order valence-corrected chi connectivity index (χ3v) is 4.95. The molecule has 3 unspecified atom stereocenters. The molecule has 0 spiro atoms. The molecule has 4 heteroatoms. The number of carbonyl (C=O) groups excluding carboxylic acids is 1. The third-order valence-electron chi connectivity index (χ3n) is 4.95. The lowest BCUT2D eigenvalue weighted by Gasteiger charge is -2.21. The van der Waals surface area contributed by atoms with Crippen LogP contribution in [0.1, 0.15) is 32.1 Å². The second-order valence-corrected chi connectivity index (χ2v) is 6.38. The van der Waals surface area contributed by atoms with Crippen molar-refractivity contribution in [1.82, 2.24) is 5.32 Å². The molecule has 3 atom stereocenters. The first-order valence-corrected chi connectivity index (χ1v) is 7.96. The lowest BCUT2D eigenvalue weighted by Crippen LogP contribution is -2.32. The average Bonchev–Trinajstić information content (AvgIpc) is 3.10. The van der Waals surface area contributed by atoms with Gasteiger partial charge in [0.2, 0.25) is 5.91 Å². The average molecular weight is 288 g/mol. The molecule has 1 aromatic rings. The number of para-hydroxylation sites is 2. The van der Waals surface area contributed by atoms with Crippen molar-refractivity contribution in [2.75, 3.05) is 18.9 Å². The highest BCUT2D eigenvalue weighted by Crippen LogP contribution is 2.47. The van der Waals surface area contributed by atoms with Crippen molar-refractivity contribution in [3.63, 3.8) is 0 Å². The summed E-state index contributed by atoms with van der Waals surface area (Å²) in [5, 5.41) is 3.06. The first-order valence-electron chi connectivity index (χ1n) is 7.96. The number of amides is 1. The van der Waals surface area contributed by atoms with E-state index in [2.05, 4.69) is 5.32 Å². The van der Waals surface area contributed by atoms with Crippen molar-refractivity contribution in [3.8, 4) is 5.75 Å². The Morgan fingerprint density at radius 2 is 2.14 bits per heavy atom. The summed E-state index contributed by atoms with van der Waals surface area (Å²) in [7, 11) is 0. The van der Waals surface area contributed by atoms with Crippen molar-refractivity contribution in [2.24, 2.45) is 17.8 Å². The number of carbonyl (C=O) groups is 1. The Hall–Kier alpha value is -1.71. The number of nitrogens with one attached hydrogen (secondary N) is 1. The summed E-state index contributed by atoms with van der Waals surface area (Å²) in [6, 6.07) is 7.36. The first-order chi connectivity index (χ1) is 10.2. The van der Waals surface area contributed by atoms with Crippen molar-refractivity contribution < 1.29 is 9.53 Å². The van der Waals surface area contributed by atoms with Gasteiger partial charge in [-0.25, -0.2) is 0 Å². The summed E-state index contributed by atoms with van der Waals surface area (Å²) in [4.78, 5) is 11.9. The van der Waals surface area contributed by atoms with E-state index in [-0.39, 0.29) is 5.91 Å². The number of rotatable bonds is 6. The number of nitrogens with two attached hydrogens (primary N) is 1. The summed E-state index contributed by atoms with van der Waals surface area (Å²) >= 11 is 0. The van der Waals surface area contributed by atoms with Crippen LogP contribution in [0.25, 0.3) is 0 Å². The van der Waals surface area contributed by atoms with Gasteiger partial charge in [0.25, 0.3) is 0 Å². The number of nitrogen functional groups attached to an aromatic ring is 1. The molecule has 21 heavy (non-hydrogen) atoms. The molecular formula is C17H24N2O2. The van der Waals surface area contributed by atoms with Crippen LogP contribution in [0.3, 0.4) is 0 Å². The van der Waals surface area contributed by atoms with Crippen LogP contribution in [0.15, 0.2) is 24.3 Å². The van der Waals surface area contributed by atoms with Crippen molar-refractivity contribution in [3.05, 3.63) is 24.3 Å². The van der Waals surface area contributed by atoms with Crippen LogP contribution in [0.4, 0.5) is 5.69 Å². The van der Waals surface area contributed by atoms with Crippen LogP contribution in [-0.4, -0.2) is 19.1 Å². The fourth-order valence-electron chi connectivity index (χ4n) is 3.83. The summed E-state index contributed by atoms with van der Waals surface area (Å²) < 4.78 is 5.54. The number of ether oxygens (including phenoxy) is 1. The zero-order valence-electron chi connectivity index (χ0n) is 12.4. The van der Waals surface area contributed by atoms with Crippen LogP contribution in [0.2, 0.25) is 0 Å². The number of fused-ring (bicyclic) bond motifs is 2. The molecule has 0 radical (unpaired) electrons. The van der Waals surface area contributed by atoms with Gasteiger partial charge in [-0.2, -0.15) is 0 Å². The fourth-order valence-corrected chi connectivity index (χ4v) is 3.83. The van der Waals surface area contributed by atoms with E-state index in [1.54, 1.807) is 6.07 Å². The minimum absolute atomic E-state index is 0.0762. The standard InChI is InChI=1S/C17H24N2O2/c18-15-3-1-2-4-16(15)21-8-7-17(20)19-11-14-10-12-5-6-13(14)9-12/h1-4,12-14H,5-11,18H2,(H,19,20). The van der Waals surface area contributed by atoms with Crippen molar-refractivity contribution in [2.45, 2.75) is 32.1 Å². The van der Waals surface area contributed by atoms with Gasteiger partial charge >= 0.3 is 0 Å². The maximum absolute atomic E-state index is 11.9. The zero-order valence-corrected chi connectivity index (χ0v) is 12.4. The molecule has 3 rings (SSSR count). The summed E-state index contributed by atoms with van der Waals surface area (Å²) in [6.45, 7) is 1.21. The highest BCUT2D eigenvalue weighted by Gasteiger charge is 2.39. The SMILES string of the molecule is Nc1ccccc1OCCC(=O)NCC1CC2CCC1C2. The predicted molar refractivity (Wildman–Crippen MR) is 82.9 cm³/mol. The Morgan fingerprint density at radius 3 is 2.86 bits per heavy atom. The van der Waals surface area contributed by atoms with Crippen LogP contribution < -0.4 is 15.8 Å². The van der Waals surface area contributed by atoms with E-state index in [0.29, 0.717) is 30.4 Å². The predicted octanol–water partition coefficient (Wildman–Crippen LogP) is 2.59. The molecule has 1 amide bonds. The monoisotopic (exact) mass is 288 g/mol. The van der Waals surface area contributed by atoms with Crippen LogP contribution in [-0.2, 0) is 4.79 Å². The van der Waals surface area contributed by atoms with Gasteiger partial charge in [0, 0.05) is 6.54 Å². The largest absolute Gasteiger partial charge is 0.491 e. The lowest BCUT2D eigenvalue weighted by atomic mass is 9.89. The van der Waals surface area contributed by atoms with Crippen molar-refractivity contribution >= 4 is 11.6 Å². The van der Waals surface area contributed by atoms with E-state index in [1.165, 1.54) is 25.7 Å². The van der Waals surface area contributed by atoms with Gasteiger partial charge in [-0.1, -0.05) is 18.6 Å². The third kappa shape index (κ3) is 3.49. The molecule has 4 nitrogen and oxygen atoms in total. The van der Waals surface area contributed by atoms with E-state index >= 15 is 0 Å². The van der Waals surface area contributed by atoms with Gasteiger partial charge in [-0.3, -0.25) is 4.79 Å². The van der Waals surface area contributed by atoms with Crippen LogP contribution in [0.5, 0.6) is 5.75 Å². The molecule has 114 valence electrons. The van der Waals surface area contributed by atoms with E-state index in [1.807, 2.05) is 18.2 Å². The van der Waals surface area contributed by atoms with Gasteiger partial charge in [0.05, 0.1) is 18.7 Å². The highest BCUT2D eigenvalue weighted by atomic mass is 16.5. The lowest BCUT2D eigenvalue weighted by molar-refractivity contribution is -0.121. The van der Waals surface area contributed by atoms with E-state index < -0.39 is 0 Å². The molecule has 2 saturated carbocycles. The Bertz CT molecular complexity index is 503. The topological polar surface area (TPSA) is 64.3 Å². The Morgan fingerprint density at radius 1 is 1.29 bits per heavy atom. The second kappa shape index (κ2) is 6.37. The molecule has 1 aromatic carbocycles. The normalized spacial score (nSPS) is 26.8. The smallest absolute Gasteiger partial charge is 0.223 e. The molecule has 0 aromatic heterocycles. The number of benzene rings is 1.